The molecule has 0 saturated carbocycles. The summed E-state index contributed by atoms with van der Waals surface area (Å²) in [6.07, 6.45) is 0.113. The zero-order chi connectivity index (χ0) is 13.9. The Hall–Kier alpha value is -2.59. The predicted molar refractivity (Wildman–Crippen MR) is 76.8 cm³/mol. The molecule has 1 aliphatic heterocycles. The largest absolute Gasteiger partial charge is 0.460 e. The minimum absolute atomic E-state index is 0.113. The van der Waals surface area contributed by atoms with E-state index in [-0.39, 0.29) is 12.3 Å². The molecule has 1 aliphatic carbocycles. The summed E-state index contributed by atoms with van der Waals surface area (Å²) >= 11 is 0. The topological polar surface area (TPSA) is 68.3 Å². The number of hydrogen-bond acceptors (Lipinski definition) is 3. The first-order valence-corrected chi connectivity index (χ1v) is 6.34. The molecule has 4 nitrogen and oxygen atoms in total. The molecule has 0 fully saturated rings. The van der Waals surface area contributed by atoms with Crippen molar-refractivity contribution in [3.05, 3.63) is 60.4 Å². The Morgan fingerprint density at radius 2 is 1.80 bits per heavy atom. The number of nitrogens with two attached hydrogens (primary N) is 1. The van der Waals surface area contributed by atoms with Crippen LogP contribution >= 0.6 is 0 Å². The highest BCUT2D eigenvalue weighted by atomic mass is 16.3. The fourth-order valence-electron chi connectivity index (χ4n) is 2.24. The minimum Gasteiger partial charge on any atom is -0.460 e. The van der Waals surface area contributed by atoms with Crippen LogP contribution in [0.25, 0.3) is 22.5 Å². The summed E-state index contributed by atoms with van der Waals surface area (Å²) in [5, 5.41) is 0. The lowest BCUT2D eigenvalue weighted by molar-refractivity contribution is -0.120. The molecular weight excluding hydrogens is 252 g/mol. The highest BCUT2D eigenvalue weighted by molar-refractivity contribution is 5.82. The van der Waals surface area contributed by atoms with Gasteiger partial charge in [0.2, 0.25) is 5.91 Å². The van der Waals surface area contributed by atoms with Crippen LogP contribution in [0.5, 0.6) is 0 Å². The van der Waals surface area contributed by atoms with Gasteiger partial charge < -0.3 is 4.42 Å². The first-order valence-electron chi connectivity index (χ1n) is 6.34. The molecular formula is C16H14N2O2. The number of rotatable bonds is 3. The Bertz CT molecular complexity index is 704. The summed E-state index contributed by atoms with van der Waals surface area (Å²) in [5.41, 5.74) is 5.07. The van der Waals surface area contributed by atoms with Gasteiger partial charge in [0.05, 0.1) is 6.42 Å². The summed E-state index contributed by atoms with van der Waals surface area (Å²) < 4.78 is 5.84. The molecule has 0 saturated heterocycles. The minimum atomic E-state index is -0.281. The molecule has 1 amide bonds. The van der Waals surface area contributed by atoms with Gasteiger partial charge >= 0.3 is 0 Å². The molecule has 1 aromatic rings. The van der Waals surface area contributed by atoms with Crippen LogP contribution in [0.2, 0.25) is 0 Å². The van der Waals surface area contributed by atoms with Crippen molar-refractivity contribution in [3.8, 4) is 22.5 Å². The van der Waals surface area contributed by atoms with Crippen molar-refractivity contribution < 1.29 is 9.21 Å². The Balaban J connectivity index is 2.15. The van der Waals surface area contributed by atoms with Gasteiger partial charge in [-0.2, -0.15) is 0 Å². The van der Waals surface area contributed by atoms with Crippen LogP contribution in [0.3, 0.4) is 0 Å². The lowest BCUT2D eigenvalue weighted by Crippen LogP contribution is -2.31. The number of hydrazine groups is 1. The van der Waals surface area contributed by atoms with E-state index >= 15 is 0 Å². The lowest BCUT2D eigenvalue weighted by atomic mass is 10.0. The normalized spacial score (nSPS) is 10.7. The van der Waals surface area contributed by atoms with Crippen molar-refractivity contribution in [2.45, 2.75) is 6.42 Å². The maximum atomic E-state index is 11.5. The summed E-state index contributed by atoms with van der Waals surface area (Å²) in [7, 11) is 0. The summed E-state index contributed by atoms with van der Waals surface area (Å²) in [4.78, 5) is 11.5. The van der Waals surface area contributed by atoms with Gasteiger partial charge in [0.15, 0.2) is 0 Å². The molecule has 20 heavy (non-hydrogen) atoms. The highest BCUT2D eigenvalue weighted by Crippen LogP contribution is 2.33. The Kier molecular flexibility index (Phi) is 3.23. The molecule has 0 unspecified atom stereocenters. The third-order valence-corrected chi connectivity index (χ3v) is 3.21. The molecule has 0 atom stereocenters. The number of hydrogen-bond donors (Lipinski definition) is 2. The van der Waals surface area contributed by atoms with Gasteiger partial charge in [0, 0.05) is 11.1 Å². The average molecular weight is 266 g/mol. The third kappa shape index (κ3) is 2.29. The number of fused-ring (bicyclic) bond motifs is 1. The first kappa shape index (κ1) is 12.4. The predicted octanol–water partition coefficient (Wildman–Crippen LogP) is 2.58. The molecule has 100 valence electrons. The van der Waals surface area contributed by atoms with E-state index in [0.29, 0.717) is 5.76 Å². The van der Waals surface area contributed by atoms with Gasteiger partial charge in [-0.3, -0.25) is 10.2 Å². The van der Waals surface area contributed by atoms with Crippen LogP contribution in [0, 0.1) is 0 Å². The lowest BCUT2D eigenvalue weighted by Gasteiger charge is -2.11. The van der Waals surface area contributed by atoms with Crippen molar-refractivity contribution in [3.63, 3.8) is 0 Å². The van der Waals surface area contributed by atoms with Gasteiger partial charge in [-0.05, 0) is 17.7 Å². The van der Waals surface area contributed by atoms with E-state index in [1.54, 1.807) is 0 Å². The summed E-state index contributed by atoms with van der Waals surface area (Å²) in [6.45, 7) is 0. The van der Waals surface area contributed by atoms with Crippen LogP contribution < -0.4 is 11.3 Å². The zero-order valence-corrected chi connectivity index (χ0v) is 10.8. The molecule has 2 aliphatic rings. The Morgan fingerprint density at radius 3 is 2.55 bits per heavy atom. The van der Waals surface area contributed by atoms with E-state index in [1.165, 1.54) is 0 Å². The van der Waals surface area contributed by atoms with Crippen molar-refractivity contribution in [1.82, 2.24) is 5.43 Å². The molecule has 3 N–H and O–H groups in total. The smallest absolute Gasteiger partial charge is 0.241 e. The van der Waals surface area contributed by atoms with Gasteiger partial charge in [-0.1, -0.05) is 42.5 Å². The molecule has 0 aromatic heterocycles. The van der Waals surface area contributed by atoms with E-state index in [1.807, 2.05) is 54.6 Å². The standard InChI is InChI=1S/C16H14N2O2/c17-18-16(19)10-15-13(11-5-2-1-3-6-11)9-12-7-4-8-14(12)20-15/h1-9H,10,17H2,(H,18,19). The van der Waals surface area contributed by atoms with E-state index in [9.17, 15) is 4.79 Å². The van der Waals surface area contributed by atoms with Crippen molar-refractivity contribution >= 4 is 5.91 Å². The molecule has 3 rings (SSSR count). The number of carbonyl (C=O) groups is 1. The number of amides is 1. The van der Waals surface area contributed by atoms with Gasteiger partial charge in [0.25, 0.3) is 0 Å². The molecule has 1 aromatic carbocycles. The maximum absolute atomic E-state index is 11.5. The van der Waals surface area contributed by atoms with E-state index in [0.717, 1.165) is 22.5 Å². The van der Waals surface area contributed by atoms with Crippen LogP contribution in [-0.2, 0) is 11.2 Å². The maximum Gasteiger partial charge on any atom is 0.241 e. The monoisotopic (exact) mass is 266 g/mol. The fraction of sp³-hybridized carbons (Fsp3) is 0.0625. The highest BCUT2D eigenvalue weighted by Gasteiger charge is 2.16. The Labute approximate surface area is 116 Å². The third-order valence-electron chi connectivity index (χ3n) is 3.21. The second-order valence-corrected chi connectivity index (χ2v) is 4.54. The first-order chi connectivity index (χ1) is 9.78. The van der Waals surface area contributed by atoms with Crippen LogP contribution in [-0.4, -0.2) is 5.91 Å². The number of carbonyl (C=O) groups excluding carboxylic acids is 1. The van der Waals surface area contributed by atoms with E-state index < -0.39 is 0 Å². The molecule has 0 spiro atoms. The van der Waals surface area contributed by atoms with E-state index in [4.69, 9.17) is 10.3 Å². The number of benzene rings is 1. The zero-order valence-electron chi connectivity index (χ0n) is 10.8. The van der Waals surface area contributed by atoms with Crippen LogP contribution in [0.1, 0.15) is 5.76 Å². The summed E-state index contributed by atoms with van der Waals surface area (Å²) in [5.74, 6) is 6.26. The number of nitrogens with one attached hydrogen (secondary N) is 1. The van der Waals surface area contributed by atoms with Crippen LogP contribution in [0.15, 0.2) is 59.0 Å². The quantitative estimate of drug-likeness (QED) is 0.435. The van der Waals surface area contributed by atoms with E-state index in [2.05, 4.69) is 5.43 Å². The fourth-order valence-corrected chi connectivity index (χ4v) is 2.24. The van der Waals surface area contributed by atoms with Crippen LogP contribution in [0.4, 0.5) is 0 Å². The molecule has 4 heteroatoms. The Morgan fingerprint density at radius 1 is 1.05 bits per heavy atom. The second-order valence-electron chi connectivity index (χ2n) is 4.54. The van der Waals surface area contributed by atoms with Crippen molar-refractivity contribution in [2.24, 2.45) is 5.84 Å². The molecule has 0 bridgehead atoms. The average Bonchev–Trinajstić information content (AvgIpc) is 2.94. The SMILES string of the molecule is NNC(=O)Cc1oc2cccc-2cc1-c1ccccc1. The molecule has 1 heterocycles. The summed E-state index contributed by atoms with van der Waals surface area (Å²) in [6, 6.07) is 17.7. The van der Waals surface area contributed by atoms with Gasteiger partial charge in [0.1, 0.15) is 11.5 Å². The van der Waals surface area contributed by atoms with Crippen molar-refractivity contribution in [2.75, 3.05) is 0 Å². The van der Waals surface area contributed by atoms with Gasteiger partial charge in [-0.15, -0.1) is 0 Å². The van der Waals surface area contributed by atoms with Gasteiger partial charge in [-0.25, -0.2) is 5.84 Å². The molecule has 0 radical (unpaired) electrons. The second kappa shape index (κ2) is 5.19. The van der Waals surface area contributed by atoms with Crippen molar-refractivity contribution in [1.29, 1.82) is 0 Å².